The number of halogens is 1. The summed E-state index contributed by atoms with van der Waals surface area (Å²) in [7, 11) is -4.08. The SMILES string of the molecule is CC(=O)N1CCc2cc(S(=O)(=O)N[C@H](Cc3ccccc3)C(=O)Nc3ccc(C)c(F)c3)ccc21. The van der Waals surface area contributed by atoms with E-state index in [4.69, 9.17) is 0 Å². The topological polar surface area (TPSA) is 95.6 Å². The molecule has 35 heavy (non-hydrogen) atoms. The molecule has 0 saturated carbocycles. The van der Waals surface area contributed by atoms with Crippen LogP contribution in [0, 0.1) is 12.7 Å². The molecule has 0 unspecified atom stereocenters. The van der Waals surface area contributed by atoms with Crippen molar-refractivity contribution < 1.29 is 22.4 Å². The summed E-state index contributed by atoms with van der Waals surface area (Å²) in [6.07, 6.45) is 0.647. The lowest BCUT2D eigenvalue weighted by atomic mass is 10.1. The van der Waals surface area contributed by atoms with Crippen LogP contribution < -0.4 is 14.9 Å². The van der Waals surface area contributed by atoms with Crippen molar-refractivity contribution in [3.05, 3.63) is 89.2 Å². The minimum absolute atomic E-state index is 0.00824. The third-order valence-electron chi connectivity index (χ3n) is 5.97. The van der Waals surface area contributed by atoms with Gasteiger partial charge in [0.05, 0.1) is 4.90 Å². The molecule has 2 N–H and O–H groups in total. The Hall–Kier alpha value is -3.56. The molecule has 7 nitrogen and oxygen atoms in total. The summed E-state index contributed by atoms with van der Waals surface area (Å²) in [5.41, 5.74) is 2.87. The lowest BCUT2D eigenvalue weighted by Gasteiger charge is -2.20. The molecule has 4 rings (SSSR count). The molecule has 1 aliphatic heterocycles. The second kappa shape index (κ2) is 9.97. The Morgan fingerprint density at radius 1 is 1.06 bits per heavy atom. The number of nitrogens with zero attached hydrogens (tertiary/aromatic N) is 1. The fraction of sp³-hybridized carbons (Fsp3) is 0.231. The Bertz CT molecular complexity index is 1380. The molecule has 1 aliphatic rings. The van der Waals surface area contributed by atoms with E-state index in [1.807, 2.05) is 6.07 Å². The lowest BCUT2D eigenvalue weighted by molar-refractivity contribution is -0.118. The number of benzene rings is 3. The summed E-state index contributed by atoms with van der Waals surface area (Å²) >= 11 is 0. The van der Waals surface area contributed by atoms with Crippen LogP contribution in [0.2, 0.25) is 0 Å². The predicted molar refractivity (Wildman–Crippen MR) is 132 cm³/mol. The number of hydrogen-bond acceptors (Lipinski definition) is 4. The molecule has 3 aromatic rings. The molecule has 9 heteroatoms. The molecule has 0 bridgehead atoms. The normalized spacial score (nSPS) is 13.9. The summed E-state index contributed by atoms with van der Waals surface area (Å²) in [5, 5.41) is 2.61. The summed E-state index contributed by atoms with van der Waals surface area (Å²) < 4.78 is 43.0. The maximum atomic E-state index is 14.0. The minimum Gasteiger partial charge on any atom is -0.325 e. The van der Waals surface area contributed by atoms with Crippen LogP contribution in [-0.4, -0.2) is 32.8 Å². The average Bonchev–Trinajstić information content (AvgIpc) is 3.25. The van der Waals surface area contributed by atoms with Crippen molar-refractivity contribution in [2.75, 3.05) is 16.8 Å². The Morgan fingerprint density at radius 2 is 1.80 bits per heavy atom. The van der Waals surface area contributed by atoms with Gasteiger partial charge in [0, 0.05) is 24.8 Å². The van der Waals surface area contributed by atoms with Gasteiger partial charge in [-0.05, 0) is 66.8 Å². The van der Waals surface area contributed by atoms with Gasteiger partial charge in [-0.3, -0.25) is 9.59 Å². The van der Waals surface area contributed by atoms with Crippen molar-refractivity contribution in [3.8, 4) is 0 Å². The van der Waals surface area contributed by atoms with Gasteiger partial charge in [-0.1, -0.05) is 36.4 Å². The smallest absolute Gasteiger partial charge is 0.242 e. The van der Waals surface area contributed by atoms with E-state index in [1.54, 1.807) is 48.2 Å². The highest BCUT2D eigenvalue weighted by Gasteiger charge is 2.29. The standard InChI is InChI=1S/C26H26FN3O4S/c1-17-8-9-21(16-23(17)27)28-26(32)24(14-19-6-4-3-5-7-19)29-35(33,34)22-10-11-25-20(15-22)12-13-30(25)18(2)31/h3-11,15-16,24,29H,12-14H2,1-2H3,(H,28,32)/t24-/m1/s1. The zero-order chi connectivity index (χ0) is 25.2. The van der Waals surface area contributed by atoms with Gasteiger partial charge in [0.25, 0.3) is 0 Å². The molecule has 0 radical (unpaired) electrons. The van der Waals surface area contributed by atoms with E-state index in [2.05, 4.69) is 10.0 Å². The van der Waals surface area contributed by atoms with Gasteiger partial charge in [0.15, 0.2) is 0 Å². The fourth-order valence-corrected chi connectivity index (χ4v) is 5.31. The van der Waals surface area contributed by atoms with Crippen LogP contribution in [0.4, 0.5) is 15.8 Å². The number of fused-ring (bicyclic) bond motifs is 1. The van der Waals surface area contributed by atoms with Crippen molar-refractivity contribution in [1.29, 1.82) is 0 Å². The number of carbonyl (C=O) groups is 2. The molecule has 182 valence electrons. The highest BCUT2D eigenvalue weighted by molar-refractivity contribution is 7.89. The monoisotopic (exact) mass is 495 g/mol. The number of rotatable bonds is 7. The quantitative estimate of drug-likeness (QED) is 0.524. The van der Waals surface area contributed by atoms with Gasteiger partial charge in [0.1, 0.15) is 11.9 Å². The van der Waals surface area contributed by atoms with Crippen molar-refractivity contribution in [2.45, 2.75) is 37.6 Å². The third-order valence-corrected chi connectivity index (χ3v) is 7.44. The molecule has 1 atom stereocenters. The number of aryl methyl sites for hydroxylation is 1. The summed E-state index contributed by atoms with van der Waals surface area (Å²) in [6.45, 7) is 3.57. The van der Waals surface area contributed by atoms with Crippen molar-refractivity contribution in [1.82, 2.24) is 4.72 Å². The molecule has 0 saturated heterocycles. The molecule has 0 aliphatic carbocycles. The largest absolute Gasteiger partial charge is 0.325 e. The second-order valence-corrected chi connectivity index (χ2v) is 10.2. The number of amides is 2. The van der Waals surface area contributed by atoms with Gasteiger partial charge in [0.2, 0.25) is 21.8 Å². The van der Waals surface area contributed by atoms with E-state index >= 15 is 0 Å². The van der Waals surface area contributed by atoms with Gasteiger partial charge in [-0.15, -0.1) is 0 Å². The number of sulfonamides is 1. The van der Waals surface area contributed by atoms with E-state index in [0.29, 0.717) is 24.2 Å². The molecule has 0 fully saturated rings. The van der Waals surface area contributed by atoms with Crippen LogP contribution in [0.3, 0.4) is 0 Å². The average molecular weight is 496 g/mol. The zero-order valence-corrected chi connectivity index (χ0v) is 20.2. The fourth-order valence-electron chi connectivity index (χ4n) is 4.07. The zero-order valence-electron chi connectivity index (χ0n) is 19.4. The van der Waals surface area contributed by atoms with E-state index in [1.165, 1.54) is 31.2 Å². The first kappa shape index (κ1) is 24.6. The first-order valence-corrected chi connectivity index (χ1v) is 12.7. The molecule has 3 aromatic carbocycles. The minimum atomic E-state index is -4.08. The number of hydrogen-bond donors (Lipinski definition) is 2. The van der Waals surface area contributed by atoms with Crippen LogP contribution in [0.15, 0.2) is 71.6 Å². The Morgan fingerprint density at radius 3 is 2.49 bits per heavy atom. The van der Waals surface area contributed by atoms with Crippen molar-refractivity contribution in [2.24, 2.45) is 0 Å². The summed E-state index contributed by atoms with van der Waals surface area (Å²) in [5.74, 6) is -1.19. The van der Waals surface area contributed by atoms with Gasteiger partial charge < -0.3 is 10.2 Å². The Kier molecular flexibility index (Phi) is 7.00. The number of anilines is 2. The maximum absolute atomic E-state index is 14.0. The lowest BCUT2D eigenvalue weighted by Crippen LogP contribution is -2.45. The third kappa shape index (κ3) is 5.58. The van der Waals surface area contributed by atoms with E-state index in [9.17, 15) is 22.4 Å². The van der Waals surface area contributed by atoms with Crippen LogP contribution in [0.1, 0.15) is 23.6 Å². The highest BCUT2D eigenvalue weighted by atomic mass is 32.2. The van der Waals surface area contributed by atoms with Crippen LogP contribution in [-0.2, 0) is 32.5 Å². The van der Waals surface area contributed by atoms with Crippen LogP contribution in [0.5, 0.6) is 0 Å². The first-order chi connectivity index (χ1) is 16.6. The van der Waals surface area contributed by atoms with E-state index in [0.717, 1.165) is 11.1 Å². The van der Waals surface area contributed by atoms with Gasteiger partial charge >= 0.3 is 0 Å². The van der Waals surface area contributed by atoms with Crippen molar-refractivity contribution >= 4 is 33.2 Å². The maximum Gasteiger partial charge on any atom is 0.242 e. The molecule has 2 amide bonds. The predicted octanol–water partition coefficient (Wildman–Crippen LogP) is 3.57. The van der Waals surface area contributed by atoms with E-state index < -0.39 is 27.8 Å². The molecular weight excluding hydrogens is 469 g/mol. The molecule has 1 heterocycles. The van der Waals surface area contributed by atoms with E-state index in [-0.39, 0.29) is 22.9 Å². The highest BCUT2D eigenvalue weighted by Crippen LogP contribution is 2.30. The molecule has 0 spiro atoms. The van der Waals surface area contributed by atoms with Gasteiger partial charge in [-0.25, -0.2) is 12.8 Å². The Balaban J connectivity index is 1.60. The summed E-state index contributed by atoms with van der Waals surface area (Å²) in [6, 6.07) is 16.7. The van der Waals surface area contributed by atoms with Crippen LogP contribution >= 0.6 is 0 Å². The van der Waals surface area contributed by atoms with Gasteiger partial charge in [-0.2, -0.15) is 4.72 Å². The number of nitrogens with one attached hydrogen (secondary N) is 2. The molecular formula is C26H26FN3O4S. The Labute approximate surface area is 204 Å². The second-order valence-electron chi connectivity index (χ2n) is 8.53. The first-order valence-electron chi connectivity index (χ1n) is 11.2. The molecule has 0 aromatic heterocycles. The summed E-state index contributed by atoms with van der Waals surface area (Å²) in [4.78, 5) is 26.5. The van der Waals surface area contributed by atoms with Crippen molar-refractivity contribution in [3.63, 3.8) is 0 Å². The number of carbonyl (C=O) groups excluding carboxylic acids is 2. The van der Waals surface area contributed by atoms with Crippen LogP contribution in [0.25, 0.3) is 0 Å².